The van der Waals surface area contributed by atoms with E-state index in [0.717, 1.165) is 35.1 Å². The molecule has 1 aromatic heterocycles. The van der Waals surface area contributed by atoms with Crippen LogP contribution >= 0.6 is 11.3 Å². The van der Waals surface area contributed by atoms with Gasteiger partial charge in [-0.05, 0) is 36.8 Å². The Labute approximate surface area is 166 Å². The number of benzene rings is 2. The first-order valence-corrected chi connectivity index (χ1v) is 10.7. The lowest BCUT2D eigenvalue weighted by molar-refractivity contribution is -0.385. The number of ether oxygens (including phenoxy) is 1. The zero-order valence-corrected chi connectivity index (χ0v) is 16.5. The summed E-state index contributed by atoms with van der Waals surface area (Å²) < 4.78 is 32.9. The van der Waals surface area contributed by atoms with E-state index in [0.29, 0.717) is 12.3 Å². The van der Waals surface area contributed by atoms with Gasteiger partial charge in [0.15, 0.2) is 5.13 Å². The number of aromatic nitrogens is 1. The number of nitrogens with one attached hydrogen (secondary N) is 1. The fraction of sp³-hybridized carbons (Fsp3) is 0.167. The van der Waals surface area contributed by atoms with Crippen molar-refractivity contribution in [2.75, 3.05) is 11.3 Å². The number of hydrogen-bond donors (Lipinski definition) is 1. The van der Waals surface area contributed by atoms with Crippen molar-refractivity contribution in [2.45, 2.75) is 18.2 Å². The third-order valence-electron chi connectivity index (χ3n) is 3.69. The average molecular weight is 419 g/mol. The van der Waals surface area contributed by atoms with E-state index in [-0.39, 0.29) is 15.7 Å². The molecule has 0 aliphatic carbocycles. The number of hydrogen-bond acceptors (Lipinski definition) is 7. The first-order chi connectivity index (χ1) is 13.4. The fourth-order valence-electron chi connectivity index (χ4n) is 2.33. The molecule has 0 unspecified atom stereocenters. The van der Waals surface area contributed by atoms with Crippen LogP contribution in [0.4, 0.5) is 10.8 Å². The second-order valence-electron chi connectivity index (χ2n) is 5.77. The van der Waals surface area contributed by atoms with Gasteiger partial charge in [0.2, 0.25) is 0 Å². The molecule has 10 heteroatoms. The summed E-state index contributed by atoms with van der Waals surface area (Å²) in [6.07, 6.45) is 0.919. The smallest absolute Gasteiger partial charge is 0.270 e. The van der Waals surface area contributed by atoms with Crippen molar-refractivity contribution in [2.24, 2.45) is 0 Å². The highest BCUT2D eigenvalue weighted by Crippen LogP contribution is 2.28. The van der Waals surface area contributed by atoms with Crippen LogP contribution in [-0.4, -0.2) is 24.9 Å². The van der Waals surface area contributed by atoms with Gasteiger partial charge in [0, 0.05) is 23.1 Å². The number of thiazole rings is 1. The van der Waals surface area contributed by atoms with Gasteiger partial charge in [-0.15, -0.1) is 11.3 Å². The summed E-state index contributed by atoms with van der Waals surface area (Å²) in [7, 11) is -3.98. The van der Waals surface area contributed by atoms with Crippen molar-refractivity contribution < 1.29 is 18.1 Å². The number of sulfonamides is 1. The van der Waals surface area contributed by atoms with E-state index in [1.807, 2.05) is 31.2 Å². The quantitative estimate of drug-likeness (QED) is 0.430. The Hall–Kier alpha value is -2.98. The second kappa shape index (κ2) is 8.36. The van der Waals surface area contributed by atoms with E-state index in [1.165, 1.54) is 18.2 Å². The van der Waals surface area contributed by atoms with Gasteiger partial charge in [0.05, 0.1) is 22.1 Å². The third-order valence-corrected chi connectivity index (χ3v) is 5.91. The van der Waals surface area contributed by atoms with E-state index in [4.69, 9.17) is 4.74 Å². The highest BCUT2D eigenvalue weighted by Gasteiger charge is 2.19. The lowest BCUT2D eigenvalue weighted by Gasteiger charge is -2.05. The summed E-state index contributed by atoms with van der Waals surface area (Å²) in [4.78, 5) is 14.3. The van der Waals surface area contributed by atoms with E-state index in [1.54, 1.807) is 5.38 Å². The summed E-state index contributed by atoms with van der Waals surface area (Å²) >= 11 is 1.13. The number of nitro groups is 1. The minimum atomic E-state index is -3.98. The van der Waals surface area contributed by atoms with Gasteiger partial charge < -0.3 is 4.74 Å². The fourth-order valence-corrected chi connectivity index (χ4v) is 4.34. The van der Waals surface area contributed by atoms with E-state index in [2.05, 4.69) is 9.71 Å². The maximum atomic E-state index is 12.5. The van der Waals surface area contributed by atoms with Crippen LogP contribution in [0.15, 0.2) is 58.8 Å². The Kier molecular flexibility index (Phi) is 5.90. The summed E-state index contributed by atoms with van der Waals surface area (Å²) in [6.45, 7) is 2.67. The van der Waals surface area contributed by atoms with Gasteiger partial charge in [0.1, 0.15) is 5.75 Å². The van der Waals surface area contributed by atoms with Gasteiger partial charge in [-0.1, -0.05) is 13.0 Å². The van der Waals surface area contributed by atoms with Crippen LogP contribution in [0, 0.1) is 10.1 Å². The third kappa shape index (κ3) is 4.65. The van der Waals surface area contributed by atoms with Crippen molar-refractivity contribution in [3.63, 3.8) is 0 Å². The number of anilines is 1. The maximum Gasteiger partial charge on any atom is 0.270 e. The molecule has 0 fully saturated rings. The molecule has 0 saturated carbocycles. The molecule has 0 bridgehead atoms. The van der Waals surface area contributed by atoms with Gasteiger partial charge >= 0.3 is 0 Å². The van der Waals surface area contributed by atoms with Crippen molar-refractivity contribution in [3.05, 3.63) is 64.0 Å². The molecule has 0 saturated heterocycles. The molecule has 0 amide bonds. The molecule has 1 heterocycles. The molecule has 0 spiro atoms. The molecule has 0 aliphatic rings. The zero-order chi connectivity index (χ0) is 20.1. The van der Waals surface area contributed by atoms with Gasteiger partial charge in [-0.3, -0.25) is 14.8 Å². The standard InChI is InChI=1S/C18H17N3O5S2/c1-2-10-26-15-8-6-13(7-9-15)17-12-27-18(19-17)20-28(24,25)16-5-3-4-14(11-16)21(22)23/h3-9,11-12H,2,10H2,1H3,(H,19,20). The van der Waals surface area contributed by atoms with Crippen molar-refractivity contribution in [3.8, 4) is 17.0 Å². The monoisotopic (exact) mass is 419 g/mol. The van der Waals surface area contributed by atoms with Crippen LogP contribution in [0.2, 0.25) is 0 Å². The van der Waals surface area contributed by atoms with Crippen LogP contribution in [0.25, 0.3) is 11.3 Å². The molecule has 0 radical (unpaired) electrons. The Bertz CT molecular complexity index is 1080. The average Bonchev–Trinajstić information content (AvgIpc) is 3.14. The minimum absolute atomic E-state index is 0.174. The van der Waals surface area contributed by atoms with Crippen molar-refractivity contribution >= 4 is 32.2 Å². The molecular formula is C18H17N3O5S2. The highest BCUT2D eigenvalue weighted by atomic mass is 32.2. The molecule has 3 aromatic rings. The maximum absolute atomic E-state index is 12.5. The summed E-state index contributed by atoms with van der Waals surface area (Å²) in [5.41, 5.74) is 1.14. The second-order valence-corrected chi connectivity index (χ2v) is 8.31. The molecule has 2 aromatic carbocycles. The number of rotatable bonds is 8. The molecule has 8 nitrogen and oxygen atoms in total. The van der Waals surface area contributed by atoms with Gasteiger partial charge in [-0.25, -0.2) is 13.4 Å². The first kappa shape index (κ1) is 19.8. The predicted molar refractivity (Wildman–Crippen MR) is 107 cm³/mol. The molecule has 0 aliphatic heterocycles. The molecule has 28 heavy (non-hydrogen) atoms. The topological polar surface area (TPSA) is 111 Å². The van der Waals surface area contributed by atoms with Gasteiger partial charge in [-0.2, -0.15) is 0 Å². The lowest BCUT2D eigenvalue weighted by Crippen LogP contribution is -2.13. The van der Waals surface area contributed by atoms with Crippen LogP contribution < -0.4 is 9.46 Å². The molecular weight excluding hydrogens is 402 g/mol. The normalized spacial score (nSPS) is 11.2. The Morgan fingerprint density at radius 1 is 1.21 bits per heavy atom. The Balaban J connectivity index is 1.77. The largest absolute Gasteiger partial charge is 0.494 e. The Morgan fingerprint density at radius 3 is 2.64 bits per heavy atom. The SMILES string of the molecule is CCCOc1ccc(-c2csc(NS(=O)(=O)c3cccc([N+](=O)[O-])c3)n2)cc1. The number of nitrogens with zero attached hydrogens (tertiary/aromatic N) is 2. The zero-order valence-electron chi connectivity index (χ0n) is 14.9. The summed E-state index contributed by atoms with van der Waals surface area (Å²) in [5, 5.41) is 12.8. The number of non-ortho nitro benzene ring substituents is 1. The van der Waals surface area contributed by atoms with Crippen molar-refractivity contribution in [1.29, 1.82) is 0 Å². The first-order valence-electron chi connectivity index (χ1n) is 8.35. The lowest BCUT2D eigenvalue weighted by atomic mass is 10.2. The minimum Gasteiger partial charge on any atom is -0.494 e. The van der Waals surface area contributed by atoms with Crippen LogP contribution in [0.3, 0.4) is 0 Å². The summed E-state index contributed by atoms with van der Waals surface area (Å²) in [5.74, 6) is 0.757. The van der Waals surface area contributed by atoms with Crippen LogP contribution in [0.5, 0.6) is 5.75 Å². The predicted octanol–water partition coefficient (Wildman–Crippen LogP) is 4.31. The summed E-state index contributed by atoms with van der Waals surface area (Å²) in [6, 6.07) is 12.2. The molecule has 1 N–H and O–H groups in total. The van der Waals surface area contributed by atoms with Gasteiger partial charge in [0.25, 0.3) is 15.7 Å². The van der Waals surface area contributed by atoms with Crippen LogP contribution in [0.1, 0.15) is 13.3 Å². The molecule has 3 rings (SSSR count). The van der Waals surface area contributed by atoms with Crippen molar-refractivity contribution in [1.82, 2.24) is 4.98 Å². The van der Waals surface area contributed by atoms with E-state index >= 15 is 0 Å². The highest BCUT2D eigenvalue weighted by molar-refractivity contribution is 7.93. The van der Waals surface area contributed by atoms with E-state index in [9.17, 15) is 18.5 Å². The molecule has 0 atom stereocenters. The number of nitro benzene ring substituents is 1. The van der Waals surface area contributed by atoms with E-state index < -0.39 is 14.9 Å². The van der Waals surface area contributed by atoms with Crippen LogP contribution in [-0.2, 0) is 10.0 Å². The molecule has 146 valence electrons. The Morgan fingerprint density at radius 2 is 1.96 bits per heavy atom.